The first-order valence-corrected chi connectivity index (χ1v) is 17.3. The molecule has 0 saturated carbocycles. The molecule has 3 aromatic rings. The number of unbranched alkanes of at least 4 members (excludes halogenated alkanes) is 9. The van der Waals surface area contributed by atoms with Gasteiger partial charge in [-0.15, -0.1) is 0 Å². The van der Waals surface area contributed by atoms with Gasteiger partial charge in [-0.25, -0.2) is 4.57 Å². The van der Waals surface area contributed by atoms with Gasteiger partial charge in [0.25, 0.3) is 0 Å². The third-order valence-corrected chi connectivity index (χ3v) is 8.22. The van der Waals surface area contributed by atoms with Crippen LogP contribution in [0.4, 0.5) is 0 Å². The van der Waals surface area contributed by atoms with Gasteiger partial charge in [0.05, 0.1) is 19.4 Å². The summed E-state index contributed by atoms with van der Waals surface area (Å²) in [5, 5.41) is 4.24. The highest BCUT2D eigenvalue weighted by Gasteiger charge is 2.26. The maximum absolute atomic E-state index is 12.7. The minimum Gasteiger partial charge on any atom is -0.493 e. The van der Waals surface area contributed by atoms with Gasteiger partial charge in [-0.2, -0.15) is 0 Å². The van der Waals surface area contributed by atoms with E-state index in [2.05, 4.69) is 12.0 Å². The summed E-state index contributed by atoms with van der Waals surface area (Å²) in [7, 11) is -2.91. The number of methoxy groups -OCH3 is 1. The number of hydrogen-bond donors (Lipinski definition) is 1. The number of hydrogen-bond acceptors (Lipinski definition) is 7. The van der Waals surface area contributed by atoms with Crippen LogP contribution in [0.2, 0.25) is 0 Å². The first-order chi connectivity index (χ1) is 21.4. The Hall–Kier alpha value is -2.97. The summed E-state index contributed by atoms with van der Waals surface area (Å²) in [6.45, 7) is 5.30. The first kappa shape index (κ1) is 35.5. The summed E-state index contributed by atoms with van der Waals surface area (Å²) < 4.78 is 42.5. The fourth-order valence-corrected chi connectivity index (χ4v) is 5.51. The average molecular weight is 630 g/mol. The molecule has 242 valence electrons. The van der Waals surface area contributed by atoms with E-state index in [-0.39, 0.29) is 19.0 Å². The lowest BCUT2D eigenvalue weighted by molar-refractivity contribution is -0.746. The molecular weight excluding hydrogens is 579 g/mol. The summed E-state index contributed by atoms with van der Waals surface area (Å²) in [5.41, 5.74) is 1.76. The molecule has 2 atom stereocenters. The van der Waals surface area contributed by atoms with Crippen molar-refractivity contribution in [1.82, 2.24) is 5.10 Å². The summed E-state index contributed by atoms with van der Waals surface area (Å²) >= 11 is 0. The zero-order valence-corrected chi connectivity index (χ0v) is 27.5. The van der Waals surface area contributed by atoms with Crippen LogP contribution >= 0.6 is 7.82 Å². The topological polar surface area (TPSA) is 100 Å². The Kier molecular flexibility index (Phi) is 16.3. The van der Waals surface area contributed by atoms with Crippen LogP contribution in [0.5, 0.6) is 17.2 Å². The highest BCUT2D eigenvalue weighted by Crippen LogP contribution is 2.44. The third-order valence-electron chi connectivity index (χ3n) is 7.31. The van der Waals surface area contributed by atoms with E-state index in [1.807, 2.05) is 49.5 Å². The van der Waals surface area contributed by atoms with Crippen LogP contribution in [0.1, 0.15) is 82.3 Å². The lowest BCUT2D eigenvalue weighted by atomic mass is 10.1. The number of phosphoric ester groups is 1. The van der Waals surface area contributed by atoms with Crippen LogP contribution < -0.4 is 18.7 Å². The van der Waals surface area contributed by atoms with Gasteiger partial charge in [-0.3, -0.25) is 9.42 Å². The molecule has 2 aromatic carbocycles. The zero-order chi connectivity index (χ0) is 31.5. The normalized spacial score (nSPS) is 13.3. The molecule has 1 aromatic heterocycles. The van der Waals surface area contributed by atoms with Gasteiger partial charge in [-0.05, 0) is 48.8 Å². The van der Waals surface area contributed by atoms with Crippen LogP contribution in [0.3, 0.4) is 0 Å². The van der Waals surface area contributed by atoms with E-state index in [1.54, 1.807) is 29.1 Å². The number of ether oxygens (including phenoxy) is 3. The maximum atomic E-state index is 12.7. The molecule has 9 nitrogen and oxygen atoms in total. The number of nitrogens with zero attached hydrogens (tertiary/aromatic N) is 2. The molecule has 44 heavy (non-hydrogen) atoms. The number of phosphoric acid groups is 1. The predicted molar refractivity (Wildman–Crippen MR) is 171 cm³/mol. The van der Waals surface area contributed by atoms with Crippen LogP contribution in [-0.4, -0.2) is 43.0 Å². The molecule has 0 aliphatic carbocycles. The van der Waals surface area contributed by atoms with Gasteiger partial charge in [0.15, 0.2) is 12.7 Å². The largest absolute Gasteiger partial charge is 0.527 e. The summed E-state index contributed by atoms with van der Waals surface area (Å²) in [6.07, 6.45) is 15.8. The zero-order valence-electron chi connectivity index (χ0n) is 26.6. The van der Waals surface area contributed by atoms with Crippen molar-refractivity contribution in [3.8, 4) is 17.2 Å². The van der Waals surface area contributed by atoms with Gasteiger partial charge >= 0.3 is 7.82 Å². The highest BCUT2D eigenvalue weighted by atomic mass is 31.2. The number of benzene rings is 2. The summed E-state index contributed by atoms with van der Waals surface area (Å²) in [5.74, 6) is 1.68. The van der Waals surface area contributed by atoms with Crippen LogP contribution in [0.15, 0.2) is 67.0 Å². The fourth-order valence-electron chi connectivity index (χ4n) is 4.73. The Balaban J connectivity index is 1.38. The standard InChI is InChI=1S/C34H49N2O7P/c1-4-5-6-7-8-9-10-11-12-15-24-40-33-20-17-21-34(29(33)2)41-27-32(39-3)28-42-44(37,38)43-31-19-16-18-30(25-31)26-36-23-14-13-22-35-36/h13-14,16-23,25,32H,4-12,15,24,26-28H2,1-3H3/p+1. The van der Waals surface area contributed by atoms with Gasteiger partial charge in [0.2, 0.25) is 0 Å². The van der Waals surface area contributed by atoms with Crippen molar-refractivity contribution in [3.63, 3.8) is 0 Å². The van der Waals surface area contributed by atoms with Crippen molar-refractivity contribution < 1.29 is 37.4 Å². The smallest absolute Gasteiger partial charge is 0.493 e. The minimum absolute atomic E-state index is 0.121. The lowest BCUT2D eigenvalue weighted by Gasteiger charge is -2.20. The van der Waals surface area contributed by atoms with E-state index in [0.29, 0.717) is 18.9 Å². The van der Waals surface area contributed by atoms with Gasteiger partial charge in [-0.1, -0.05) is 87.6 Å². The molecule has 0 radical (unpaired) electrons. The summed E-state index contributed by atoms with van der Waals surface area (Å²) in [4.78, 5) is 10.3. The van der Waals surface area contributed by atoms with Crippen LogP contribution in [0, 0.1) is 6.92 Å². The molecule has 2 unspecified atom stereocenters. The molecule has 0 aliphatic rings. The molecule has 0 saturated heterocycles. The molecule has 1 heterocycles. The van der Waals surface area contributed by atoms with Gasteiger partial charge in [0.1, 0.15) is 30.0 Å². The Morgan fingerprint density at radius 3 is 2.23 bits per heavy atom. The number of aromatic nitrogens is 2. The van der Waals surface area contributed by atoms with Gasteiger partial charge in [0, 0.05) is 24.3 Å². The average Bonchev–Trinajstić information content (AvgIpc) is 3.01. The molecule has 0 spiro atoms. The van der Waals surface area contributed by atoms with Crippen molar-refractivity contribution >= 4 is 7.82 Å². The SMILES string of the molecule is CCCCCCCCCCCCOc1cccc(OCC(COP(=O)(O)Oc2cccc(C[n+]3ccccn3)c2)OC)c1C. The van der Waals surface area contributed by atoms with Gasteiger partial charge < -0.3 is 18.7 Å². The monoisotopic (exact) mass is 629 g/mol. The molecule has 0 aliphatic heterocycles. The van der Waals surface area contributed by atoms with Crippen LogP contribution in [0.25, 0.3) is 0 Å². The van der Waals surface area contributed by atoms with Crippen molar-refractivity contribution in [2.45, 2.75) is 90.7 Å². The predicted octanol–water partition coefficient (Wildman–Crippen LogP) is 7.62. The highest BCUT2D eigenvalue weighted by molar-refractivity contribution is 7.47. The first-order valence-electron chi connectivity index (χ1n) is 15.8. The Morgan fingerprint density at radius 2 is 1.55 bits per heavy atom. The molecular formula is C34H50N2O7P+. The van der Waals surface area contributed by atoms with E-state index in [9.17, 15) is 9.46 Å². The fraction of sp³-hybridized carbons (Fsp3) is 0.529. The third kappa shape index (κ3) is 13.8. The molecule has 0 amide bonds. The molecule has 1 N–H and O–H groups in total. The number of rotatable bonds is 23. The maximum Gasteiger partial charge on any atom is 0.527 e. The molecule has 0 bridgehead atoms. The second-order valence-corrected chi connectivity index (χ2v) is 12.4. The second-order valence-electron chi connectivity index (χ2n) is 11.0. The minimum atomic E-state index is -4.41. The second kappa shape index (κ2) is 20.1. The Bertz CT molecular complexity index is 1260. The molecule has 0 fully saturated rings. The van der Waals surface area contributed by atoms with E-state index >= 15 is 0 Å². The molecule has 3 rings (SSSR count). The van der Waals surface area contributed by atoms with Crippen molar-refractivity contribution in [2.24, 2.45) is 0 Å². The van der Waals surface area contributed by atoms with E-state index in [4.69, 9.17) is 23.3 Å². The van der Waals surface area contributed by atoms with E-state index in [0.717, 1.165) is 23.3 Å². The Morgan fingerprint density at radius 1 is 0.864 bits per heavy atom. The van der Waals surface area contributed by atoms with E-state index in [1.165, 1.54) is 64.9 Å². The van der Waals surface area contributed by atoms with Crippen LogP contribution in [-0.2, 0) is 20.4 Å². The quantitative estimate of drug-likeness (QED) is 0.0650. The summed E-state index contributed by atoms with van der Waals surface area (Å²) in [6, 6.07) is 16.3. The lowest BCUT2D eigenvalue weighted by Crippen LogP contribution is -2.37. The van der Waals surface area contributed by atoms with E-state index < -0.39 is 13.9 Å². The van der Waals surface area contributed by atoms with Crippen molar-refractivity contribution in [1.29, 1.82) is 0 Å². The van der Waals surface area contributed by atoms with Crippen molar-refractivity contribution in [2.75, 3.05) is 26.9 Å². The molecule has 10 heteroatoms. The Labute approximate surface area is 263 Å². The van der Waals surface area contributed by atoms with Crippen molar-refractivity contribution in [3.05, 3.63) is 78.1 Å².